The van der Waals surface area contributed by atoms with Crippen LogP contribution in [0.3, 0.4) is 0 Å². The summed E-state index contributed by atoms with van der Waals surface area (Å²) in [7, 11) is 0. The fourth-order valence-electron chi connectivity index (χ4n) is 3.19. The Labute approximate surface area is 134 Å². The zero-order valence-corrected chi connectivity index (χ0v) is 14.6. The Morgan fingerprint density at radius 3 is 2.71 bits per heavy atom. The summed E-state index contributed by atoms with van der Waals surface area (Å²) in [5.41, 5.74) is 1.47. The normalized spacial score (nSPS) is 16.4. The van der Waals surface area contributed by atoms with E-state index in [1.807, 2.05) is 0 Å². The molecule has 3 heteroatoms. The molecular weight excluding hydrogens is 276 g/mol. The molecule has 1 N–H and O–H groups in total. The summed E-state index contributed by atoms with van der Waals surface area (Å²) in [6, 6.07) is 3.10. The second-order valence-electron chi connectivity index (χ2n) is 6.79. The summed E-state index contributed by atoms with van der Waals surface area (Å²) in [6.45, 7) is 9.44. The van der Waals surface area contributed by atoms with Crippen LogP contribution in [0.1, 0.15) is 51.5 Å². The van der Waals surface area contributed by atoms with E-state index < -0.39 is 0 Å². The molecule has 0 spiro atoms. The summed E-state index contributed by atoms with van der Waals surface area (Å²) >= 11 is 1.80. The number of hydrogen-bond donors (Lipinski definition) is 1. The molecule has 0 saturated heterocycles. The molecule has 0 aromatic carbocycles. The number of nitrogens with one attached hydrogen (secondary N) is 1. The number of rotatable bonds is 10. The molecule has 2 nitrogen and oxygen atoms in total. The first-order valence-corrected chi connectivity index (χ1v) is 9.66. The Morgan fingerprint density at radius 1 is 1.24 bits per heavy atom. The predicted octanol–water partition coefficient (Wildman–Crippen LogP) is 4.17. The maximum atomic E-state index is 3.63. The topological polar surface area (TPSA) is 15.3 Å². The van der Waals surface area contributed by atoms with Crippen molar-refractivity contribution >= 4 is 11.3 Å². The Bertz CT molecular complexity index is 355. The lowest BCUT2D eigenvalue weighted by Gasteiger charge is -2.29. The first-order valence-electron chi connectivity index (χ1n) is 8.71. The van der Waals surface area contributed by atoms with E-state index in [0.29, 0.717) is 0 Å². The minimum Gasteiger partial charge on any atom is -0.315 e. The minimum atomic E-state index is 0.820. The Kier molecular flexibility index (Phi) is 7.76. The molecule has 2 rings (SSSR count). The third-order valence-corrected chi connectivity index (χ3v) is 5.31. The SMILES string of the molecule is CC(C)CCN(CCNCCc1ccsc1)C1CCCC1. The average Bonchev–Trinajstić information content (AvgIpc) is 3.14. The van der Waals surface area contributed by atoms with E-state index in [-0.39, 0.29) is 0 Å². The summed E-state index contributed by atoms with van der Waals surface area (Å²) in [4.78, 5) is 2.75. The van der Waals surface area contributed by atoms with Gasteiger partial charge in [0.25, 0.3) is 0 Å². The molecule has 1 aliphatic rings. The van der Waals surface area contributed by atoms with Gasteiger partial charge in [-0.1, -0.05) is 26.7 Å². The number of thiophene rings is 1. The molecule has 1 fully saturated rings. The van der Waals surface area contributed by atoms with Crippen LogP contribution in [-0.4, -0.2) is 37.1 Å². The molecule has 120 valence electrons. The molecule has 1 aromatic rings. The maximum absolute atomic E-state index is 3.63. The summed E-state index contributed by atoms with van der Waals surface area (Å²) in [5, 5.41) is 8.06. The van der Waals surface area contributed by atoms with Crippen molar-refractivity contribution in [3.63, 3.8) is 0 Å². The van der Waals surface area contributed by atoms with E-state index in [9.17, 15) is 0 Å². The van der Waals surface area contributed by atoms with Crippen LogP contribution < -0.4 is 5.32 Å². The van der Waals surface area contributed by atoms with Gasteiger partial charge >= 0.3 is 0 Å². The van der Waals surface area contributed by atoms with Gasteiger partial charge in [-0.05, 0) is 67.1 Å². The molecule has 1 heterocycles. The molecule has 0 unspecified atom stereocenters. The highest BCUT2D eigenvalue weighted by atomic mass is 32.1. The smallest absolute Gasteiger partial charge is 0.0110 e. The fraction of sp³-hybridized carbons (Fsp3) is 0.778. The van der Waals surface area contributed by atoms with E-state index >= 15 is 0 Å². The molecule has 0 atom stereocenters. The van der Waals surface area contributed by atoms with Crippen LogP contribution in [0.2, 0.25) is 0 Å². The molecule has 1 saturated carbocycles. The van der Waals surface area contributed by atoms with Crippen LogP contribution in [0.4, 0.5) is 0 Å². The lowest BCUT2D eigenvalue weighted by molar-refractivity contribution is 0.189. The highest BCUT2D eigenvalue weighted by molar-refractivity contribution is 7.07. The standard InChI is InChI=1S/C18H32N2S/c1-16(2)8-12-20(18-5-3-4-6-18)13-11-19-10-7-17-9-14-21-15-17/h9,14-16,18-19H,3-8,10-13H2,1-2H3. The lowest BCUT2D eigenvalue weighted by atomic mass is 10.1. The van der Waals surface area contributed by atoms with E-state index in [0.717, 1.165) is 25.0 Å². The van der Waals surface area contributed by atoms with Crippen molar-refractivity contribution in [2.45, 2.75) is 58.4 Å². The summed E-state index contributed by atoms with van der Waals surface area (Å²) < 4.78 is 0. The van der Waals surface area contributed by atoms with Crippen molar-refractivity contribution in [3.05, 3.63) is 22.4 Å². The largest absolute Gasteiger partial charge is 0.315 e. The molecule has 1 aromatic heterocycles. The maximum Gasteiger partial charge on any atom is 0.0110 e. The summed E-state index contributed by atoms with van der Waals surface area (Å²) in [6.07, 6.45) is 8.23. The third-order valence-electron chi connectivity index (χ3n) is 4.58. The fourth-order valence-corrected chi connectivity index (χ4v) is 3.89. The van der Waals surface area contributed by atoms with Crippen LogP contribution in [0.15, 0.2) is 16.8 Å². The van der Waals surface area contributed by atoms with E-state index in [4.69, 9.17) is 0 Å². The minimum absolute atomic E-state index is 0.820. The van der Waals surface area contributed by atoms with Crippen LogP contribution in [0.25, 0.3) is 0 Å². The monoisotopic (exact) mass is 308 g/mol. The Balaban J connectivity index is 1.63. The van der Waals surface area contributed by atoms with Gasteiger partial charge in [0.1, 0.15) is 0 Å². The van der Waals surface area contributed by atoms with Crippen molar-refractivity contribution in [2.24, 2.45) is 5.92 Å². The second-order valence-corrected chi connectivity index (χ2v) is 7.57. The molecule has 0 bridgehead atoms. The van der Waals surface area contributed by atoms with Crippen molar-refractivity contribution in [2.75, 3.05) is 26.2 Å². The zero-order chi connectivity index (χ0) is 14.9. The first-order chi connectivity index (χ1) is 10.3. The zero-order valence-electron chi connectivity index (χ0n) is 13.8. The predicted molar refractivity (Wildman–Crippen MR) is 94.2 cm³/mol. The van der Waals surface area contributed by atoms with Gasteiger partial charge in [-0.2, -0.15) is 11.3 Å². The van der Waals surface area contributed by atoms with E-state index in [1.165, 1.54) is 57.2 Å². The van der Waals surface area contributed by atoms with E-state index in [1.54, 1.807) is 11.3 Å². The average molecular weight is 309 g/mol. The third kappa shape index (κ3) is 6.50. The van der Waals surface area contributed by atoms with Crippen LogP contribution in [0.5, 0.6) is 0 Å². The van der Waals surface area contributed by atoms with Gasteiger partial charge in [-0.25, -0.2) is 0 Å². The van der Waals surface area contributed by atoms with Gasteiger partial charge in [0.15, 0.2) is 0 Å². The van der Waals surface area contributed by atoms with Gasteiger partial charge in [-0.15, -0.1) is 0 Å². The molecule has 1 aliphatic carbocycles. The van der Waals surface area contributed by atoms with Crippen LogP contribution in [-0.2, 0) is 6.42 Å². The molecule has 21 heavy (non-hydrogen) atoms. The van der Waals surface area contributed by atoms with Crippen LogP contribution in [0, 0.1) is 5.92 Å². The van der Waals surface area contributed by atoms with Gasteiger partial charge < -0.3 is 5.32 Å². The lowest BCUT2D eigenvalue weighted by Crippen LogP contribution is -2.39. The highest BCUT2D eigenvalue weighted by Crippen LogP contribution is 2.23. The molecular formula is C18H32N2S. The number of hydrogen-bond acceptors (Lipinski definition) is 3. The Morgan fingerprint density at radius 2 is 2.05 bits per heavy atom. The second kappa shape index (κ2) is 9.60. The van der Waals surface area contributed by atoms with Crippen molar-refractivity contribution in [1.29, 1.82) is 0 Å². The molecule has 0 amide bonds. The Hall–Kier alpha value is -0.380. The van der Waals surface area contributed by atoms with Gasteiger partial charge in [0.2, 0.25) is 0 Å². The van der Waals surface area contributed by atoms with Gasteiger partial charge in [-0.3, -0.25) is 4.90 Å². The number of nitrogens with zero attached hydrogens (tertiary/aromatic N) is 1. The van der Waals surface area contributed by atoms with E-state index in [2.05, 4.69) is 40.9 Å². The van der Waals surface area contributed by atoms with Crippen molar-refractivity contribution in [1.82, 2.24) is 10.2 Å². The quantitative estimate of drug-likeness (QED) is 0.653. The highest BCUT2D eigenvalue weighted by Gasteiger charge is 2.21. The first kappa shape index (κ1) is 17.0. The van der Waals surface area contributed by atoms with Gasteiger partial charge in [0.05, 0.1) is 0 Å². The van der Waals surface area contributed by atoms with Crippen molar-refractivity contribution < 1.29 is 0 Å². The molecule has 0 radical (unpaired) electrons. The van der Waals surface area contributed by atoms with Gasteiger partial charge in [0, 0.05) is 19.1 Å². The van der Waals surface area contributed by atoms with Crippen LogP contribution >= 0.6 is 11.3 Å². The molecule has 0 aliphatic heterocycles. The summed E-state index contributed by atoms with van der Waals surface area (Å²) in [5.74, 6) is 0.820. The van der Waals surface area contributed by atoms with Crippen molar-refractivity contribution in [3.8, 4) is 0 Å².